The molecule has 1 aromatic rings. The Kier molecular flexibility index (Phi) is 3.56. The molecule has 0 aromatic carbocycles. The highest BCUT2D eigenvalue weighted by Crippen LogP contribution is 2.32. The van der Waals surface area contributed by atoms with Crippen LogP contribution in [-0.2, 0) is 12.8 Å². The van der Waals surface area contributed by atoms with E-state index < -0.39 is 0 Å². The first-order valence-electron chi connectivity index (χ1n) is 6.91. The number of anilines is 1. The van der Waals surface area contributed by atoms with Gasteiger partial charge < -0.3 is 9.74 Å². The average molecular weight is 277 g/mol. The minimum atomic E-state index is 0.364. The van der Waals surface area contributed by atoms with Crippen molar-refractivity contribution in [3.05, 3.63) is 28.0 Å². The van der Waals surface area contributed by atoms with Crippen LogP contribution in [0.15, 0.2) is 0 Å². The van der Waals surface area contributed by atoms with Crippen LogP contribution in [0.4, 0.5) is 5.82 Å². The number of fused-ring (bicyclic) bond motifs is 1. The summed E-state index contributed by atoms with van der Waals surface area (Å²) in [5.74, 6) is 1.50. The van der Waals surface area contributed by atoms with E-state index in [0.29, 0.717) is 17.7 Å². The minimum Gasteiger partial charge on any atom is -0.356 e. The molecule has 1 aliphatic carbocycles. The fourth-order valence-corrected chi connectivity index (χ4v) is 3.36. The SMILES string of the molecule is [C-]#[N+]C[C@@H]1CCCN(c2nc(Cl)nc3c2CCC3)C1. The van der Waals surface area contributed by atoms with Crippen molar-refractivity contribution in [1.82, 2.24) is 9.97 Å². The summed E-state index contributed by atoms with van der Waals surface area (Å²) >= 11 is 6.05. The second kappa shape index (κ2) is 5.34. The van der Waals surface area contributed by atoms with Crippen molar-refractivity contribution in [3.8, 4) is 0 Å². The van der Waals surface area contributed by atoms with E-state index >= 15 is 0 Å². The predicted octanol–water partition coefficient (Wildman–Crippen LogP) is 2.75. The maximum atomic E-state index is 7.03. The molecule has 0 unspecified atom stereocenters. The summed E-state index contributed by atoms with van der Waals surface area (Å²) in [4.78, 5) is 14.7. The van der Waals surface area contributed by atoms with Crippen LogP contribution in [0, 0.1) is 12.5 Å². The molecule has 4 nitrogen and oxygen atoms in total. The molecule has 1 aliphatic heterocycles. The first kappa shape index (κ1) is 12.7. The van der Waals surface area contributed by atoms with Gasteiger partial charge >= 0.3 is 0 Å². The lowest BCUT2D eigenvalue weighted by Gasteiger charge is -2.32. The molecular weight excluding hydrogens is 260 g/mol. The molecule has 3 rings (SSSR count). The van der Waals surface area contributed by atoms with Crippen LogP contribution in [0.1, 0.15) is 30.5 Å². The summed E-state index contributed by atoms with van der Waals surface area (Å²) in [7, 11) is 0. The van der Waals surface area contributed by atoms with Crippen LogP contribution < -0.4 is 4.90 Å². The standard InChI is InChI=1S/C14H17ClN4/c1-16-8-10-4-3-7-19(9-10)13-11-5-2-6-12(11)17-14(15)18-13/h10H,2-9H2/t10-/m0/s1. The van der Waals surface area contributed by atoms with E-state index in [9.17, 15) is 0 Å². The van der Waals surface area contributed by atoms with E-state index in [1.54, 1.807) is 0 Å². The molecule has 19 heavy (non-hydrogen) atoms. The molecule has 1 fully saturated rings. The van der Waals surface area contributed by atoms with Gasteiger partial charge in [0.15, 0.2) is 0 Å². The van der Waals surface area contributed by atoms with Gasteiger partial charge in [-0.15, -0.1) is 0 Å². The molecule has 1 aromatic heterocycles. The van der Waals surface area contributed by atoms with Crippen molar-refractivity contribution in [1.29, 1.82) is 0 Å². The second-order valence-electron chi connectivity index (χ2n) is 5.39. The number of hydrogen-bond donors (Lipinski definition) is 0. The number of hydrogen-bond acceptors (Lipinski definition) is 3. The Labute approximate surface area is 118 Å². The highest BCUT2D eigenvalue weighted by Gasteiger charge is 2.27. The van der Waals surface area contributed by atoms with Gasteiger partial charge in [-0.3, -0.25) is 0 Å². The summed E-state index contributed by atoms with van der Waals surface area (Å²) in [6.07, 6.45) is 5.52. The number of nitrogens with zero attached hydrogens (tertiary/aromatic N) is 4. The normalized spacial score (nSPS) is 22.1. The maximum absolute atomic E-state index is 7.03. The molecule has 0 spiro atoms. The van der Waals surface area contributed by atoms with Gasteiger partial charge in [-0.25, -0.2) is 16.5 Å². The molecule has 2 heterocycles. The van der Waals surface area contributed by atoms with Gasteiger partial charge in [-0.1, -0.05) is 0 Å². The lowest BCUT2D eigenvalue weighted by molar-refractivity contribution is 0.436. The first-order valence-corrected chi connectivity index (χ1v) is 7.29. The summed E-state index contributed by atoms with van der Waals surface area (Å²) in [5.41, 5.74) is 2.41. The van der Waals surface area contributed by atoms with Crippen LogP contribution in [0.25, 0.3) is 4.85 Å². The first-order chi connectivity index (χ1) is 9.28. The van der Waals surface area contributed by atoms with Crippen LogP contribution >= 0.6 is 11.6 Å². The van der Waals surface area contributed by atoms with Crippen molar-refractivity contribution in [2.24, 2.45) is 5.92 Å². The highest BCUT2D eigenvalue weighted by molar-refractivity contribution is 6.28. The Balaban J connectivity index is 1.88. The minimum absolute atomic E-state index is 0.364. The highest BCUT2D eigenvalue weighted by atomic mass is 35.5. The summed E-state index contributed by atoms with van der Waals surface area (Å²) in [5, 5.41) is 0.364. The molecule has 0 radical (unpaired) electrons. The van der Waals surface area contributed by atoms with Gasteiger partial charge in [0.05, 0.1) is 5.69 Å². The van der Waals surface area contributed by atoms with Crippen molar-refractivity contribution < 1.29 is 0 Å². The molecule has 0 saturated carbocycles. The largest absolute Gasteiger partial charge is 0.356 e. The zero-order chi connectivity index (χ0) is 13.2. The lowest BCUT2D eigenvalue weighted by atomic mass is 9.98. The van der Waals surface area contributed by atoms with E-state index in [4.69, 9.17) is 18.2 Å². The van der Waals surface area contributed by atoms with Crippen molar-refractivity contribution in [3.63, 3.8) is 0 Å². The zero-order valence-corrected chi connectivity index (χ0v) is 11.7. The molecule has 0 N–H and O–H groups in total. The Morgan fingerprint density at radius 2 is 2.21 bits per heavy atom. The van der Waals surface area contributed by atoms with Gasteiger partial charge in [-0.05, 0) is 43.7 Å². The Morgan fingerprint density at radius 1 is 1.32 bits per heavy atom. The molecule has 1 saturated heterocycles. The summed E-state index contributed by atoms with van der Waals surface area (Å²) < 4.78 is 0. The van der Waals surface area contributed by atoms with E-state index in [1.165, 1.54) is 5.56 Å². The topological polar surface area (TPSA) is 33.4 Å². The smallest absolute Gasteiger partial charge is 0.224 e. The fraction of sp³-hybridized carbons (Fsp3) is 0.643. The zero-order valence-electron chi connectivity index (χ0n) is 10.9. The van der Waals surface area contributed by atoms with Gasteiger partial charge in [0, 0.05) is 24.6 Å². The van der Waals surface area contributed by atoms with Crippen molar-refractivity contribution >= 4 is 17.4 Å². The van der Waals surface area contributed by atoms with Crippen LogP contribution in [0.3, 0.4) is 0 Å². The number of rotatable bonds is 2. The maximum Gasteiger partial charge on any atom is 0.224 e. The number of piperidine rings is 1. The number of aromatic nitrogens is 2. The van der Waals surface area contributed by atoms with Gasteiger partial charge in [0.1, 0.15) is 5.82 Å². The summed E-state index contributed by atoms with van der Waals surface area (Å²) in [6, 6.07) is 0. The Hall–Kier alpha value is -1.34. The van der Waals surface area contributed by atoms with Crippen molar-refractivity contribution in [2.45, 2.75) is 32.1 Å². The molecular formula is C14H17ClN4. The lowest BCUT2D eigenvalue weighted by Crippen LogP contribution is -2.37. The molecule has 100 valence electrons. The fourth-order valence-electron chi connectivity index (χ4n) is 3.18. The Morgan fingerprint density at radius 3 is 3.05 bits per heavy atom. The molecule has 0 amide bonds. The Bertz CT molecular complexity index is 523. The monoisotopic (exact) mass is 276 g/mol. The molecule has 5 heteroatoms. The third kappa shape index (κ3) is 2.52. The van der Waals surface area contributed by atoms with Crippen LogP contribution in [-0.4, -0.2) is 29.6 Å². The van der Waals surface area contributed by atoms with E-state index in [0.717, 1.165) is 56.7 Å². The van der Waals surface area contributed by atoms with Crippen LogP contribution in [0.5, 0.6) is 0 Å². The number of halogens is 1. The third-order valence-electron chi connectivity index (χ3n) is 4.05. The van der Waals surface area contributed by atoms with E-state index in [1.807, 2.05) is 0 Å². The summed E-state index contributed by atoms with van der Waals surface area (Å²) in [6.45, 7) is 9.60. The average Bonchev–Trinajstić information content (AvgIpc) is 2.86. The van der Waals surface area contributed by atoms with Crippen LogP contribution in [0.2, 0.25) is 5.28 Å². The molecule has 2 aliphatic rings. The van der Waals surface area contributed by atoms with E-state index in [-0.39, 0.29) is 0 Å². The third-order valence-corrected chi connectivity index (χ3v) is 4.22. The van der Waals surface area contributed by atoms with Gasteiger partial charge in [0.2, 0.25) is 11.8 Å². The second-order valence-corrected chi connectivity index (χ2v) is 5.73. The number of aryl methyl sites for hydroxylation is 1. The predicted molar refractivity (Wildman–Crippen MR) is 75.5 cm³/mol. The van der Waals surface area contributed by atoms with Gasteiger partial charge in [0.25, 0.3) is 0 Å². The van der Waals surface area contributed by atoms with Gasteiger partial charge in [-0.2, -0.15) is 0 Å². The quantitative estimate of drug-likeness (QED) is 0.615. The van der Waals surface area contributed by atoms with E-state index in [2.05, 4.69) is 19.7 Å². The molecule has 1 atom stereocenters. The van der Waals surface area contributed by atoms with Crippen molar-refractivity contribution in [2.75, 3.05) is 24.5 Å². The molecule has 0 bridgehead atoms.